The molecule has 0 spiro atoms. The molecule has 72 heavy (non-hydrogen) atoms. The maximum absolute atomic E-state index is 12.9. The zero-order valence-electron chi connectivity index (χ0n) is 46.4. The molecular formula is C66H106O6. The van der Waals surface area contributed by atoms with Crippen molar-refractivity contribution in [1.82, 2.24) is 0 Å². The number of rotatable bonds is 51. The lowest BCUT2D eigenvalue weighted by Gasteiger charge is -2.18. The van der Waals surface area contributed by atoms with Gasteiger partial charge in [-0.15, -0.1) is 0 Å². The molecule has 0 amide bonds. The van der Waals surface area contributed by atoms with Crippen molar-refractivity contribution in [3.05, 3.63) is 134 Å². The van der Waals surface area contributed by atoms with Gasteiger partial charge in [0.1, 0.15) is 13.2 Å². The fraction of sp³-hybridized carbons (Fsp3) is 0.621. The quantitative estimate of drug-likeness (QED) is 0.0199. The molecule has 0 fully saturated rings. The molecule has 6 nitrogen and oxygen atoms in total. The van der Waals surface area contributed by atoms with Gasteiger partial charge in [0.25, 0.3) is 0 Å². The van der Waals surface area contributed by atoms with Gasteiger partial charge in [-0.3, -0.25) is 14.4 Å². The van der Waals surface area contributed by atoms with E-state index in [-0.39, 0.29) is 37.5 Å². The van der Waals surface area contributed by atoms with Gasteiger partial charge in [-0.25, -0.2) is 0 Å². The van der Waals surface area contributed by atoms with E-state index < -0.39 is 6.10 Å². The number of ether oxygens (including phenoxy) is 3. The van der Waals surface area contributed by atoms with Gasteiger partial charge >= 0.3 is 17.9 Å². The highest BCUT2D eigenvalue weighted by Crippen LogP contribution is 2.14. The van der Waals surface area contributed by atoms with Crippen LogP contribution < -0.4 is 0 Å². The lowest BCUT2D eigenvalue weighted by atomic mass is 10.1. The summed E-state index contributed by atoms with van der Waals surface area (Å²) in [6.45, 7) is 6.31. The summed E-state index contributed by atoms with van der Waals surface area (Å²) in [6.07, 6.45) is 83.1. The summed E-state index contributed by atoms with van der Waals surface area (Å²) in [4.78, 5) is 38.2. The Morgan fingerprint density at radius 3 is 1.01 bits per heavy atom. The van der Waals surface area contributed by atoms with E-state index in [1.165, 1.54) is 89.9 Å². The maximum Gasteiger partial charge on any atom is 0.306 e. The minimum atomic E-state index is -0.822. The Hall–Kier alpha value is -4.45. The van der Waals surface area contributed by atoms with Gasteiger partial charge in [0.15, 0.2) is 6.10 Å². The van der Waals surface area contributed by atoms with Crippen molar-refractivity contribution in [2.45, 2.75) is 252 Å². The van der Waals surface area contributed by atoms with E-state index in [2.05, 4.69) is 148 Å². The largest absolute Gasteiger partial charge is 0.462 e. The number of hydrogen-bond acceptors (Lipinski definition) is 6. The number of unbranched alkanes of at least 4 members (excludes halogenated alkanes) is 19. The van der Waals surface area contributed by atoms with Gasteiger partial charge in [0, 0.05) is 19.3 Å². The summed E-state index contributed by atoms with van der Waals surface area (Å²) in [5.74, 6) is -1.02. The molecule has 0 saturated heterocycles. The first-order chi connectivity index (χ1) is 35.5. The Morgan fingerprint density at radius 1 is 0.306 bits per heavy atom. The molecule has 0 aromatic rings. The molecule has 0 aliphatic carbocycles. The first-order valence-electron chi connectivity index (χ1n) is 29.2. The van der Waals surface area contributed by atoms with Crippen LogP contribution in [0.2, 0.25) is 0 Å². The number of carbonyl (C=O) groups is 3. The van der Waals surface area contributed by atoms with Crippen molar-refractivity contribution >= 4 is 17.9 Å². The summed E-state index contributed by atoms with van der Waals surface area (Å²) >= 11 is 0. The van der Waals surface area contributed by atoms with E-state index in [0.717, 1.165) is 109 Å². The minimum absolute atomic E-state index is 0.114. The predicted octanol–water partition coefficient (Wildman–Crippen LogP) is 19.8. The second-order valence-corrected chi connectivity index (χ2v) is 18.8. The van der Waals surface area contributed by atoms with Crippen LogP contribution in [-0.4, -0.2) is 37.2 Å². The third kappa shape index (κ3) is 56.5. The molecule has 0 N–H and O–H groups in total. The second kappa shape index (κ2) is 59.1. The number of hydrogen-bond donors (Lipinski definition) is 0. The lowest BCUT2D eigenvalue weighted by molar-refractivity contribution is -0.166. The molecule has 0 radical (unpaired) electrons. The first kappa shape index (κ1) is 67.5. The fourth-order valence-electron chi connectivity index (χ4n) is 7.59. The van der Waals surface area contributed by atoms with Crippen molar-refractivity contribution in [2.24, 2.45) is 0 Å². The number of esters is 3. The van der Waals surface area contributed by atoms with Crippen LogP contribution in [0.1, 0.15) is 245 Å². The highest BCUT2D eigenvalue weighted by atomic mass is 16.6. The van der Waals surface area contributed by atoms with Crippen LogP contribution >= 0.6 is 0 Å². The minimum Gasteiger partial charge on any atom is -0.462 e. The van der Waals surface area contributed by atoms with Gasteiger partial charge < -0.3 is 14.2 Å². The van der Waals surface area contributed by atoms with Gasteiger partial charge in [-0.2, -0.15) is 0 Å². The second-order valence-electron chi connectivity index (χ2n) is 18.8. The van der Waals surface area contributed by atoms with E-state index in [4.69, 9.17) is 14.2 Å². The Balaban J connectivity index is 4.54. The molecule has 0 saturated carbocycles. The highest BCUT2D eigenvalue weighted by molar-refractivity contribution is 5.71. The first-order valence-corrected chi connectivity index (χ1v) is 29.2. The van der Waals surface area contributed by atoms with Crippen LogP contribution in [-0.2, 0) is 28.6 Å². The summed E-state index contributed by atoms with van der Waals surface area (Å²) in [5.41, 5.74) is 0. The van der Waals surface area contributed by atoms with Crippen LogP contribution in [0, 0.1) is 0 Å². The van der Waals surface area contributed by atoms with E-state index in [0.29, 0.717) is 19.3 Å². The van der Waals surface area contributed by atoms with Crippen molar-refractivity contribution in [2.75, 3.05) is 13.2 Å². The SMILES string of the molecule is CC/C=C\C/C=C\C/C=C\C/C=C\C/C=C\C/C=C\CCC(=O)OCC(COC(=O)CCCCCCCC/C=C\C/C=C\C/C=C\CC)OC(=O)CCCCCCCCCCCC/C=C\C=C/CCCCC. The monoisotopic (exact) mass is 995 g/mol. The van der Waals surface area contributed by atoms with Crippen LogP contribution in [0.15, 0.2) is 134 Å². The Labute approximate surface area is 443 Å². The van der Waals surface area contributed by atoms with Crippen LogP contribution in [0.25, 0.3) is 0 Å². The molecule has 1 unspecified atom stereocenters. The van der Waals surface area contributed by atoms with Gasteiger partial charge in [-0.05, 0) is 116 Å². The fourth-order valence-corrected chi connectivity index (χ4v) is 7.59. The summed E-state index contributed by atoms with van der Waals surface area (Å²) in [7, 11) is 0. The molecule has 406 valence electrons. The molecule has 0 aromatic heterocycles. The smallest absolute Gasteiger partial charge is 0.306 e. The molecule has 0 heterocycles. The van der Waals surface area contributed by atoms with Gasteiger partial charge in [0.2, 0.25) is 0 Å². The highest BCUT2D eigenvalue weighted by Gasteiger charge is 2.19. The van der Waals surface area contributed by atoms with E-state index >= 15 is 0 Å². The Kier molecular flexibility index (Phi) is 55.5. The number of allylic oxidation sites excluding steroid dienone is 22. The molecule has 1 atom stereocenters. The Morgan fingerprint density at radius 2 is 0.611 bits per heavy atom. The molecule has 0 aliphatic heterocycles. The van der Waals surface area contributed by atoms with Crippen LogP contribution in [0.5, 0.6) is 0 Å². The summed E-state index contributed by atoms with van der Waals surface area (Å²) < 4.78 is 16.8. The summed E-state index contributed by atoms with van der Waals surface area (Å²) in [5, 5.41) is 0. The van der Waals surface area contributed by atoms with Crippen LogP contribution in [0.3, 0.4) is 0 Å². The van der Waals surface area contributed by atoms with Crippen molar-refractivity contribution in [1.29, 1.82) is 0 Å². The van der Waals surface area contributed by atoms with Crippen molar-refractivity contribution in [3.63, 3.8) is 0 Å². The van der Waals surface area contributed by atoms with E-state index in [1.54, 1.807) is 0 Å². The normalized spacial score (nSPS) is 13.1. The molecule has 0 aliphatic rings. The average molecular weight is 996 g/mol. The van der Waals surface area contributed by atoms with Crippen molar-refractivity contribution in [3.8, 4) is 0 Å². The predicted molar refractivity (Wildman–Crippen MR) is 311 cm³/mol. The maximum atomic E-state index is 12.9. The average Bonchev–Trinajstić information content (AvgIpc) is 3.38. The molecule has 0 bridgehead atoms. The lowest BCUT2D eigenvalue weighted by Crippen LogP contribution is -2.30. The molecular weight excluding hydrogens is 889 g/mol. The zero-order valence-corrected chi connectivity index (χ0v) is 46.4. The third-order valence-electron chi connectivity index (χ3n) is 11.9. The zero-order chi connectivity index (χ0) is 52.2. The van der Waals surface area contributed by atoms with Crippen molar-refractivity contribution < 1.29 is 28.6 Å². The standard InChI is InChI=1S/C66H106O6/c1-4-7-10-13-16-19-22-25-28-31-33-35-38-41-44-47-50-53-56-59-65(68)71-62-63(61-70-64(67)58-55-52-49-46-43-40-37-30-27-24-21-18-15-12-9-6-3)72-66(69)60-57-54-51-48-45-42-39-36-34-32-29-26-23-20-17-14-11-8-5-2/h7,9-10,12,16-21,23,25-28,30,33,35,41,44,50,53,63H,4-6,8,11,13-15,22,24,29,31-32,34,36-40,42-43,45-49,51-52,54-62H2,1-3H3/b10-7-,12-9-,19-16-,20-17-,21-18-,26-23-,28-25-,30-27-,35-33-,44-41-,53-50-. The molecule has 6 heteroatoms. The topological polar surface area (TPSA) is 78.9 Å². The Bertz CT molecular complexity index is 1560. The van der Waals surface area contributed by atoms with Crippen LogP contribution in [0.4, 0.5) is 0 Å². The summed E-state index contributed by atoms with van der Waals surface area (Å²) in [6, 6.07) is 0. The van der Waals surface area contributed by atoms with Gasteiger partial charge in [0.05, 0.1) is 0 Å². The van der Waals surface area contributed by atoms with E-state index in [1.807, 2.05) is 6.08 Å². The number of carbonyl (C=O) groups excluding carboxylic acids is 3. The molecule has 0 aromatic carbocycles. The third-order valence-corrected chi connectivity index (χ3v) is 11.9. The van der Waals surface area contributed by atoms with E-state index in [9.17, 15) is 14.4 Å². The van der Waals surface area contributed by atoms with Gasteiger partial charge in [-0.1, -0.05) is 244 Å². The molecule has 0 rings (SSSR count).